The highest BCUT2D eigenvalue weighted by Gasteiger charge is 2.17. The van der Waals surface area contributed by atoms with Crippen molar-refractivity contribution in [3.05, 3.63) is 32.6 Å². The Labute approximate surface area is 102 Å². The van der Waals surface area contributed by atoms with E-state index in [0.29, 0.717) is 3.57 Å². The lowest BCUT2D eigenvalue weighted by atomic mass is 10.1. The van der Waals surface area contributed by atoms with E-state index in [9.17, 15) is 9.18 Å². The summed E-state index contributed by atoms with van der Waals surface area (Å²) >= 11 is 4.83. The fraction of sp³-hybridized carbons (Fsp3) is 0.111. The Hall–Kier alpha value is -0.480. The maximum Gasteiger partial charge on any atom is 0.177 e. The Morgan fingerprint density at radius 2 is 2.29 bits per heavy atom. The van der Waals surface area contributed by atoms with Crippen LogP contribution in [-0.4, -0.2) is 11.1 Å². The van der Waals surface area contributed by atoms with Crippen molar-refractivity contribution in [2.45, 2.75) is 0 Å². The number of rotatable bonds is 2. The quantitative estimate of drug-likeness (QED) is 0.458. The molecule has 0 atom stereocenters. The lowest BCUT2D eigenvalue weighted by molar-refractivity contribution is 0.101. The minimum Gasteiger partial charge on any atom is -0.293 e. The highest BCUT2D eigenvalue weighted by molar-refractivity contribution is 14.1. The molecule has 0 aliphatic rings. The van der Waals surface area contributed by atoms with Crippen molar-refractivity contribution < 1.29 is 9.18 Å². The average Bonchev–Trinajstić information content (AvgIpc) is 2.18. The van der Waals surface area contributed by atoms with Crippen LogP contribution in [0.25, 0.3) is 0 Å². The second kappa shape index (κ2) is 4.84. The van der Waals surface area contributed by atoms with Gasteiger partial charge in [0.05, 0.1) is 16.5 Å². The van der Waals surface area contributed by atoms with Crippen molar-refractivity contribution in [2.75, 3.05) is 5.33 Å². The van der Waals surface area contributed by atoms with Gasteiger partial charge in [-0.15, -0.1) is 0 Å². The maximum atomic E-state index is 13.5. The highest BCUT2D eigenvalue weighted by atomic mass is 127. The third-order valence-electron chi connectivity index (χ3n) is 1.61. The summed E-state index contributed by atoms with van der Waals surface area (Å²) in [6, 6.07) is 4.61. The molecule has 1 aromatic carbocycles. The molecule has 0 aliphatic heterocycles. The number of halogens is 3. The van der Waals surface area contributed by atoms with Gasteiger partial charge in [0.15, 0.2) is 11.6 Å². The molecule has 0 saturated carbocycles. The molecule has 0 amide bonds. The summed E-state index contributed by atoms with van der Waals surface area (Å²) in [7, 11) is 0. The number of nitrogens with zero attached hydrogens (tertiary/aromatic N) is 1. The van der Waals surface area contributed by atoms with Crippen molar-refractivity contribution >= 4 is 44.3 Å². The van der Waals surface area contributed by atoms with E-state index in [-0.39, 0.29) is 22.2 Å². The first-order valence-electron chi connectivity index (χ1n) is 3.59. The van der Waals surface area contributed by atoms with Crippen LogP contribution in [0, 0.1) is 20.7 Å². The topological polar surface area (TPSA) is 40.9 Å². The van der Waals surface area contributed by atoms with Crippen LogP contribution in [0.5, 0.6) is 0 Å². The molecule has 0 aliphatic carbocycles. The Morgan fingerprint density at radius 3 is 2.79 bits per heavy atom. The number of benzene rings is 1. The van der Waals surface area contributed by atoms with Crippen LogP contribution in [0.2, 0.25) is 0 Å². The number of alkyl halides is 1. The molecule has 0 spiro atoms. The molecule has 0 radical (unpaired) electrons. The summed E-state index contributed by atoms with van der Waals surface area (Å²) in [6.07, 6.45) is 0. The van der Waals surface area contributed by atoms with Gasteiger partial charge in [0.1, 0.15) is 6.07 Å². The highest BCUT2D eigenvalue weighted by Crippen LogP contribution is 2.20. The number of ketones is 1. The van der Waals surface area contributed by atoms with Crippen LogP contribution in [0.4, 0.5) is 4.39 Å². The molecule has 1 rings (SSSR count). The first kappa shape index (κ1) is 11.6. The van der Waals surface area contributed by atoms with Crippen molar-refractivity contribution in [3.63, 3.8) is 0 Å². The van der Waals surface area contributed by atoms with E-state index in [1.165, 1.54) is 6.07 Å². The van der Waals surface area contributed by atoms with Crippen LogP contribution in [0.15, 0.2) is 12.1 Å². The Kier molecular flexibility index (Phi) is 4.01. The number of hydrogen-bond donors (Lipinski definition) is 0. The molecule has 5 heteroatoms. The van der Waals surface area contributed by atoms with Gasteiger partial charge in [0.25, 0.3) is 0 Å². The van der Waals surface area contributed by atoms with E-state index in [1.54, 1.807) is 12.1 Å². The van der Waals surface area contributed by atoms with Crippen molar-refractivity contribution in [2.24, 2.45) is 0 Å². The second-order valence-corrected chi connectivity index (χ2v) is 4.18. The molecule has 0 aromatic heterocycles. The fourth-order valence-electron chi connectivity index (χ4n) is 0.961. The van der Waals surface area contributed by atoms with E-state index in [4.69, 9.17) is 5.26 Å². The lowest BCUT2D eigenvalue weighted by Gasteiger charge is -2.03. The molecule has 2 nitrogen and oxygen atoms in total. The Morgan fingerprint density at radius 1 is 1.64 bits per heavy atom. The summed E-state index contributed by atoms with van der Waals surface area (Å²) in [5.74, 6) is -1.09. The fourth-order valence-corrected chi connectivity index (χ4v) is 1.96. The van der Waals surface area contributed by atoms with Gasteiger partial charge in [-0.2, -0.15) is 5.26 Å². The molecule has 0 heterocycles. The molecule has 0 bridgehead atoms. The summed E-state index contributed by atoms with van der Waals surface area (Å²) in [4.78, 5) is 11.3. The molecule has 0 N–H and O–H groups in total. The van der Waals surface area contributed by atoms with Gasteiger partial charge >= 0.3 is 0 Å². The predicted molar refractivity (Wildman–Crippen MR) is 62.0 cm³/mol. The SMILES string of the molecule is N#Cc1ccc(I)c(C(=O)CBr)c1F. The molecule has 0 saturated heterocycles. The van der Waals surface area contributed by atoms with E-state index >= 15 is 0 Å². The number of hydrogen-bond acceptors (Lipinski definition) is 2. The van der Waals surface area contributed by atoms with Crippen LogP contribution >= 0.6 is 38.5 Å². The van der Waals surface area contributed by atoms with Gasteiger partial charge in [-0.3, -0.25) is 4.79 Å². The molecule has 72 valence electrons. The van der Waals surface area contributed by atoms with Crippen molar-refractivity contribution in [1.29, 1.82) is 5.26 Å². The number of Topliss-reactive ketones (excluding diaryl/α,β-unsaturated/α-hetero) is 1. The van der Waals surface area contributed by atoms with Crippen molar-refractivity contribution in [1.82, 2.24) is 0 Å². The summed E-state index contributed by atoms with van der Waals surface area (Å²) in [5.41, 5.74) is -0.115. The summed E-state index contributed by atoms with van der Waals surface area (Å²) in [6.45, 7) is 0. The first-order valence-corrected chi connectivity index (χ1v) is 5.79. The molecule has 1 aromatic rings. The molecular weight excluding hydrogens is 364 g/mol. The van der Waals surface area contributed by atoms with Crippen LogP contribution in [0.3, 0.4) is 0 Å². The van der Waals surface area contributed by atoms with E-state index in [0.717, 1.165) is 0 Å². The Bertz CT molecular complexity index is 428. The van der Waals surface area contributed by atoms with E-state index < -0.39 is 5.82 Å². The van der Waals surface area contributed by atoms with Crippen LogP contribution in [0.1, 0.15) is 15.9 Å². The second-order valence-electron chi connectivity index (χ2n) is 2.45. The zero-order valence-electron chi connectivity index (χ0n) is 6.85. The van der Waals surface area contributed by atoms with E-state index in [2.05, 4.69) is 15.9 Å². The molecular formula is C9H4BrFINO. The zero-order valence-corrected chi connectivity index (χ0v) is 10.6. The third-order valence-corrected chi connectivity index (χ3v) is 3.02. The van der Waals surface area contributed by atoms with Gasteiger partial charge in [0, 0.05) is 3.57 Å². The smallest absolute Gasteiger partial charge is 0.177 e. The van der Waals surface area contributed by atoms with Crippen LogP contribution in [-0.2, 0) is 0 Å². The summed E-state index contributed by atoms with van der Waals surface area (Å²) in [5, 5.41) is 8.62. The van der Waals surface area contributed by atoms with E-state index in [1.807, 2.05) is 22.6 Å². The number of nitriles is 1. The normalized spacial score (nSPS) is 9.57. The van der Waals surface area contributed by atoms with Gasteiger partial charge in [-0.05, 0) is 34.7 Å². The lowest BCUT2D eigenvalue weighted by Crippen LogP contribution is -2.07. The zero-order chi connectivity index (χ0) is 10.7. The number of carbonyl (C=O) groups excluding carboxylic acids is 1. The van der Waals surface area contributed by atoms with Gasteiger partial charge in [0.2, 0.25) is 0 Å². The molecule has 0 unspecified atom stereocenters. The summed E-state index contributed by atoms with van der Waals surface area (Å²) < 4.78 is 14.0. The van der Waals surface area contributed by atoms with Crippen molar-refractivity contribution in [3.8, 4) is 6.07 Å². The molecule has 14 heavy (non-hydrogen) atoms. The standard InChI is InChI=1S/C9H4BrFINO/c10-3-7(14)8-6(12)2-1-5(4-13)9(8)11/h1-2H,3H2. The van der Waals surface area contributed by atoms with Crippen LogP contribution < -0.4 is 0 Å². The van der Waals surface area contributed by atoms with Gasteiger partial charge in [-0.25, -0.2) is 4.39 Å². The maximum absolute atomic E-state index is 13.5. The Balaban J connectivity index is 3.42. The van der Waals surface area contributed by atoms with Gasteiger partial charge < -0.3 is 0 Å². The number of carbonyl (C=O) groups is 1. The minimum absolute atomic E-state index is 0.0125. The molecule has 0 fully saturated rings. The largest absolute Gasteiger partial charge is 0.293 e. The minimum atomic E-state index is -0.733. The monoisotopic (exact) mass is 367 g/mol. The first-order chi connectivity index (χ1) is 6.61. The predicted octanol–water partition coefficient (Wildman–Crippen LogP) is 2.88. The average molecular weight is 368 g/mol. The van der Waals surface area contributed by atoms with Gasteiger partial charge in [-0.1, -0.05) is 15.9 Å². The third kappa shape index (κ3) is 2.12.